The molecule has 1 atom stereocenters. The fraction of sp³-hybridized carbons (Fsp3) is 0.417. The number of aliphatic hydroxyl groups excluding tert-OH is 1. The van der Waals surface area contributed by atoms with Crippen molar-refractivity contribution in [1.29, 1.82) is 0 Å². The summed E-state index contributed by atoms with van der Waals surface area (Å²) in [4.78, 5) is 26.7. The van der Waals surface area contributed by atoms with Crippen LogP contribution in [-0.4, -0.2) is 54.7 Å². The summed E-state index contributed by atoms with van der Waals surface area (Å²) in [6, 6.07) is 10.3. The van der Waals surface area contributed by atoms with Crippen LogP contribution in [0.4, 0.5) is 4.39 Å². The summed E-state index contributed by atoms with van der Waals surface area (Å²) >= 11 is 0. The Labute approximate surface area is 187 Å². The van der Waals surface area contributed by atoms with Crippen LogP contribution >= 0.6 is 0 Å². The molecule has 2 aromatic carbocycles. The molecule has 7 nitrogen and oxygen atoms in total. The van der Waals surface area contributed by atoms with Gasteiger partial charge in [-0.1, -0.05) is 12.1 Å². The van der Waals surface area contributed by atoms with E-state index < -0.39 is 17.8 Å². The summed E-state index contributed by atoms with van der Waals surface area (Å²) in [5, 5.41) is 12.8. The summed E-state index contributed by atoms with van der Waals surface area (Å²) in [5.41, 5.74) is 0.692. The average Bonchev–Trinajstić information content (AvgIpc) is 2.82. The van der Waals surface area contributed by atoms with E-state index in [9.17, 15) is 19.1 Å². The minimum Gasteiger partial charge on any atom is -0.490 e. The van der Waals surface area contributed by atoms with Gasteiger partial charge in [0.15, 0.2) is 18.1 Å². The lowest BCUT2D eigenvalue weighted by Gasteiger charge is -2.26. The predicted octanol–water partition coefficient (Wildman–Crippen LogP) is 3.08. The third-order valence-corrected chi connectivity index (χ3v) is 5.26. The van der Waals surface area contributed by atoms with Gasteiger partial charge < -0.3 is 24.8 Å². The largest absolute Gasteiger partial charge is 0.490 e. The summed E-state index contributed by atoms with van der Waals surface area (Å²) in [6.07, 6.45) is 2.12. The second-order valence-electron chi connectivity index (χ2n) is 7.61. The van der Waals surface area contributed by atoms with E-state index in [2.05, 4.69) is 5.32 Å². The molecule has 1 aliphatic heterocycles. The minimum atomic E-state index is -1.04. The lowest BCUT2D eigenvalue weighted by molar-refractivity contribution is -0.134. The van der Waals surface area contributed by atoms with Crippen LogP contribution in [0.5, 0.6) is 11.5 Å². The van der Waals surface area contributed by atoms with Gasteiger partial charge in [0.25, 0.3) is 11.8 Å². The van der Waals surface area contributed by atoms with E-state index in [4.69, 9.17) is 9.47 Å². The minimum absolute atomic E-state index is 0.0692. The van der Waals surface area contributed by atoms with Gasteiger partial charge in [-0.25, -0.2) is 4.39 Å². The highest BCUT2D eigenvalue weighted by Crippen LogP contribution is 2.29. The first-order valence-electron chi connectivity index (χ1n) is 10.9. The maximum Gasteiger partial charge on any atom is 0.260 e. The molecule has 1 aliphatic rings. The van der Waals surface area contributed by atoms with E-state index in [1.54, 1.807) is 23.1 Å². The summed E-state index contributed by atoms with van der Waals surface area (Å²) in [7, 11) is 0. The van der Waals surface area contributed by atoms with Crippen LogP contribution in [0.2, 0.25) is 0 Å². The number of halogens is 1. The highest BCUT2D eigenvalue weighted by Gasteiger charge is 2.19. The number of aliphatic hydroxyl groups is 1. The Morgan fingerprint density at radius 3 is 2.59 bits per heavy atom. The fourth-order valence-electron chi connectivity index (χ4n) is 3.53. The molecule has 1 saturated heterocycles. The van der Waals surface area contributed by atoms with Gasteiger partial charge in [-0.3, -0.25) is 9.59 Å². The lowest BCUT2D eigenvalue weighted by Crippen LogP contribution is -2.38. The molecule has 0 saturated carbocycles. The van der Waals surface area contributed by atoms with E-state index in [0.29, 0.717) is 29.2 Å². The standard InChI is InChI=1S/C24H29FN2O5/c1-2-31-22-14-18(24(30)26-15-20(28)17-7-6-8-19(25)13-17)9-10-21(22)32-16-23(29)27-11-4-3-5-12-27/h6-10,13-14,20,28H,2-5,11-12,15-16H2,1H3,(H,26,30). The van der Waals surface area contributed by atoms with E-state index >= 15 is 0 Å². The van der Waals surface area contributed by atoms with Crippen LogP contribution in [-0.2, 0) is 4.79 Å². The zero-order chi connectivity index (χ0) is 22.9. The third-order valence-electron chi connectivity index (χ3n) is 5.26. The molecule has 8 heteroatoms. The number of carbonyl (C=O) groups excluding carboxylic acids is 2. The summed E-state index contributed by atoms with van der Waals surface area (Å²) in [5.74, 6) is -0.202. The monoisotopic (exact) mass is 444 g/mol. The van der Waals surface area contributed by atoms with Crippen molar-refractivity contribution in [1.82, 2.24) is 10.2 Å². The molecule has 172 valence electrons. The van der Waals surface area contributed by atoms with Crippen LogP contribution in [0.1, 0.15) is 48.2 Å². The Balaban J connectivity index is 1.60. The van der Waals surface area contributed by atoms with Gasteiger partial charge in [-0.05, 0) is 62.1 Å². The van der Waals surface area contributed by atoms with Gasteiger partial charge in [0.05, 0.1) is 12.7 Å². The molecular formula is C24H29FN2O5. The average molecular weight is 445 g/mol. The molecule has 1 fully saturated rings. The molecule has 1 heterocycles. The quantitative estimate of drug-likeness (QED) is 0.621. The number of carbonyl (C=O) groups is 2. The Morgan fingerprint density at radius 2 is 1.88 bits per heavy atom. The zero-order valence-corrected chi connectivity index (χ0v) is 18.2. The van der Waals surface area contributed by atoms with Crippen molar-refractivity contribution in [3.05, 3.63) is 59.4 Å². The maximum atomic E-state index is 13.3. The van der Waals surface area contributed by atoms with Crippen molar-refractivity contribution in [3.8, 4) is 11.5 Å². The van der Waals surface area contributed by atoms with Gasteiger partial charge in [0.2, 0.25) is 0 Å². The molecule has 1 unspecified atom stereocenters. The Kier molecular flexibility index (Phi) is 8.44. The topological polar surface area (TPSA) is 88.1 Å². The number of nitrogens with one attached hydrogen (secondary N) is 1. The number of ether oxygens (including phenoxy) is 2. The van der Waals surface area contributed by atoms with Crippen molar-refractivity contribution in [3.63, 3.8) is 0 Å². The highest BCUT2D eigenvalue weighted by molar-refractivity contribution is 5.95. The fourth-order valence-corrected chi connectivity index (χ4v) is 3.53. The van der Waals surface area contributed by atoms with E-state index in [1.165, 1.54) is 24.3 Å². The Morgan fingerprint density at radius 1 is 1.09 bits per heavy atom. The first kappa shape index (κ1) is 23.5. The number of rotatable bonds is 9. The number of nitrogens with zero attached hydrogens (tertiary/aromatic N) is 1. The van der Waals surface area contributed by atoms with Crippen LogP contribution in [0.15, 0.2) is 42.5 Å². The molecule has 0 aliphatic carbocycles. The third kappa shape index (κ3) is 6.43. The number of piperidine rings is 1. The predicted molar refractivity (Wildman–Crippen MR) is 117 cm³/mol. The van der Waals surface area contributed by atoms with Crippen LogP contribution in [0, 0.1) is 5.82 Å². The number of benzene rings is 2. The smallest absolute Gasteiger partial charge is 0.260 e. The molecule has 3 rings (SSSR count). The van der Waals surface area contributed by atoms with E-state index in [1.807, 2.05) is 6.92 Å². The molecule has 2 amide bonds. The molecule has 2 N–H and O–H groups in total. The molecule has 0 aromatic heterocycles. The van der Waals surface area contributed by atoms with Crippen LogP contribution in [0.25, 0.3) is 0 Å². The van der Waals surface area contributed by atoms with Crippen molar-refractivity contribution in [2.75, 3.05) is 32.8 Å². The Bertz CT molecular complexity index is 930. The molecule has 32 heavy (non-hydrogen) atoms. The normalized spacial score (nSPS) is 14.5. The molecular weight excluding hydrogens is 415 g/mol. The van der Waals surface area contributed by atoms with Crippen molar-refractivity contribution in [2.24, 2.45) is 0 Å². The van der Waals surface area contributed by atoms with E-state index in [-0.39, 0.29) is 19.1 Å². The molecule has 0 spiro atoms. The summed E-state index contributed by atoms with van der Waals surface area (Å²) in [6.45, 7) is 3.51. The second kappa shape index (κ2) is 11.5. The first-order valence-corrected chi connectivity index (χ1v) is 10.9. The lowest BCUT2D eigenvalue weighted by atomic mass is 10.1. The molecule has 0 bridgehead atoms. The summed E-state index contributed by atoms with van der Waals surface area (Å²) < 4.78 is 24.6. The second-order valence-corrected chi connectivity index (χ2v) is 7.61. The van der Waals surface area contributed by atoms with Gasteiger partial charge in [0.1, 0.15) is 5.82 Å². The number of amides is 2. The molecule has 2 aromatic rings. The van der Waals surface area contributed by atoms with Gasteiger partial charge in [-0.2, -0.15) is 0 Å². The van der Waals surface area contributed by atoms with Gasteiger partial charge in [-0.15, -0.1) is 0 Å². The number of hydrogen-bond acceptors (Lipinski definition) is 5. The maximum absolute atomic E-state index is 13.3. The van der Waals surface area contributed by atoms with Crippen LogP contribution < -0.4 is 14.8 Å². The highest BCUT2D eigenvalue weighted by atomic mass is 19.1. The van der Waals surface area contributed by atoms with Crippen molar-refractivity contribution >= 4 is 11.8 Å². The number of hydrogen-bond donors (Lipinski definition) is 2. The van der Waals surface area contributed by atoms with Gasteiger partial charge in [0, 0.05) is 25.2 Å². The zero-order valence-electron chi connectivity index (χ0n) is 18.2. The van der Waals surface area contributed by atoms with E-state index in [0.717, 1.165) is 32.4 Å². The van der Waals surface area contributed by atoms with Crippen molar-refractivity contribution in [2.45, 2.75) is 32.3 Å². The Hall–Kier alpha value is -3.13. The van der Waals surface area contributed by atoms with Gasteiger partial charge >= 0.3 is 0 Å². The molecule has 0 radical (unpaired) electrons. The SMILES string of the molecule is CCOc1cc(C(=O)NCC(O)c2cccc(F)c2)ccc1OCC(=O)N1CCCCC1. The van der Waals surface area contributed by atoms with Crippen LogP contribution in [0.3, 0.4) is 0 Å². The first-order chi connectivity index (χ1) is 15.5. The number of likely N-dealkylation sites (tertiary alicyclic amines) is 1. The van der Waals surface area contributed by atoms with Crippen molar-refractivity contribution < 1.29 is 28.6 Å².